The van der Waals surface area contributed by atoms with E-state index in [0.29, 0.717) is 6.04 Å². The second kappa shape index (κ2) is 6.34. The van der Waals surface area contributed by atoms with Gasteiger partial charge in [0.25, 0.3) is 0 Å². The van der Waals surface area contributed by atoms with Crippen molar-refractivity contribution in [3.63, 3.8) is 0 Å². The van der Waals surface area contributed by atoms with Crippen LogP contribution in [0.3, 0.4) is 0 Å². The van der Waals surface area contributed by atoms with Gasteiger partial charge in [0.1, 0.15) is 5.76 Å². The third-order valence-corrected chi connectivity index (χ3v) is 3.72. The predicted molar refractivity (Wildman–Crippen MR) is 72.5 cm³/mol. The molecule has 0 aliphatic carbocycles. The summed E-state index contributed by atoms with van der Waals surface area (Å²) in [6.07, 6.45) is 4.30. The molecule has 18 heavy (non-hydrogen) atoms. The van der Waals surface area contributed by atoms with E-state index in [2.05, 4.69) is 29.0 Å². The second-order valence-electron chi connectivity index (χ2n) is 5.34. The first-order valence-electron chi connectivity index (χ1n) is 7.07. The largest absolute Gasteiger partial charge is 0.444 e. The average Bonchev–Trinajstić information content (AvgIpc) is 2.98. The van der Waals surface area contributed by atoms with Crippen molar-refractivity contribution >= 4 is 0 Å². The van der Waals surface area contributed by atoms with Crippen LogP contribution in [0, 0.1) is 12.8 Å². The Morgan fingerprint density at radius 3 is 3.11 bits per heavy atom. The molecule has 2 atom stereocenters. The summed E-state index contributed by atoms with van der Waals surface area (Å²) in [5, 5.41) is 3.51. The lowest BCUT2D eigenvalue weighted by molar-refractivity contribution is 0.215. The summed E-state index contributed by atoms with van der Waals surface area (Å²) >= 11 is 0. The fourth-order valence-corrected chi connectivity index (χ4v) is 2.59. The lowest BCUT2D eigenvalue weighted by atomic mass is 10.1. The Morgan fingerprint density at radius 1 is 1.61 bits per heavy atom. The third kappa shape index (κ3) is 3.33. The molecule has 0 aromatic carbocycles. The number of oxazole rings is 1. The van der Waals surface area contributed by atoms with Crippen molar-refractivity contribution < 1.29 is 4.42 Å². The van der Waals surface area contributed by atoms with Gasteiger partial charge in [-0.05, 0) is 52.2 Å². The first kappa shape index (κ1) is 13.6. The number of aromatic nitrogens is 1. The summed E-state index contributed by atoms with van der Waals surface area (Å²) in [5.41, 5.74) is 0. The minimum Gasteiger partial charge on any atom is -0.444 e. The number of likely N-dealkylation sites (tertiary alicyclic amines) is 1. The highest BCUT2D eigenvalue weighted by atomic mass is 16.4. The predicted octanol–water partition coefficient (Wildman–Crippen LogP) is 2.37. The van der Waals surface area contributed by atoms with E-state index >= 15 is 0 Å². The molecular formula is C14H25N3O. The van der Waals surface area contributed by atoms with E-state index in [9.17, 15) is 0 Å². The molecule has 1 aliphatic rings. The van der Waals surface area contributed by atoms with Crippen LogP contribution < -0.4 is 5.32 Å². The Kier molecular flexibility index (Phi) is 4.78. The van der Waals surface area contributed by atoms with E-state index in [4.69, 9.17) is 4.42 Å². The molecule has 1 fully saturated rings. The topological polar surface area (TPSA) is 41.3 Å². The first-order valence-corrected chi connectivity index (χ1v) is 7.07. The zero-order chi connectivity index (χ0) is 13.0. The van der Waals surface area contributed by atoms with Crippen LogP contribution in [0.15, 0.2) is 10.6 Å². The summed E-state index contributed by atoms with van der Waals surface area (Å²) in [5.74, 6) is 2.53. The van der Waals surface area contributed by atoms with Crippen LogP contribution in [0.5, 0.6) is 0 Å². The molecule has 0 saturated carbocycles. The molecule has 1 aromatic heterocycles. The molecule has 1 N–H and O–H groups in total. The van der Waals surface area contributed by atoms with Gasteiger partial charge in [0.05, 0.1) is 12.2 Å². The molecule has 2 unspecified atom stereocenters. The zero-order valence-electron chi connectivity index (χ0n) is 11.8. The van der Waals surface area contributed by atoms with Crippen LogP contribution >= 0.6 is 0 Å². The quantitative estimate of drug-likeness (QED) is 0.788. The smallest absolute Gasteiger partial charge is 0.211 e. The van der Waals surface area contributed by atoms with Gasteiger partial charge in [0.15, 0.2) is 0 Å². The van der Waals surface area contributed by atoms with Gasteiger partial charge in [0, 0.05) is 6.54 Å². The van der Waals surface area contributed by atoms with E-state index in [1.807, 2.05) is 13.1 Å². The number of aryl methyl sites for hydroxylation is 1. The minimum absolute atomic E-state index is 0.301. The van der Waals surface area contributed by atoms with Crippen molar-refractivity contribution in [1.82, 2.24) is 15.2 Å². The summed E-state index contributed by atoms with van der Waals surface area (Å²) in [7, 11) is 0. The Labute approximate surface area is 110 Å². The molecule has 2 heterocycles. The number of hydrogen-bond donors (Lipinski definition) is 1. The van der Waals surface area contributed by atoms with Gasteiger partial charge in [-0.3, -0.25) is 4.90 Å². The molecule has 4 nitrogen and oxygen atoms in total. The number of hydrogen-bond acceptors (Lipinski definition) is 4. The zero-order valence-corrected chi connectivity index (χ0v) is 11.8. The SMILES string of the molecule is CCCNCC1CCN(C(C)c2ncc(C)o2)C1. The van der Waals surface area contributed by atoms with Crippen LogP contribution in [-0.4, -0.2) is 36.1 Å². The highest BCUT2D eigenvalue weighted by molar-refractivity contribution is 4.97. The van der Waals surface area contributed by atoms with Crippen LogP contribution in [0.1, 0.15) is 44.4 Å². The summed E-state index contributed by atoms with van der Waals surface area (Å²) in [6, 6.07) is 0.301. The van der Waals surface area contributed by atoms with E-state index in [1.54, 1.807) is 0 Å². The molecule has 0 spiro atoms. The standard InChI is InChI=1S/C14H25N3O/c1-4-6-15-9-13-5-7-17(10-13)12(3)14-16-8-11(2)18-14/h8,12-13,15H,4-7,9-10H2,1-3H3. The minimum atomic E-state index is 0.301. The molecule has 1 aliphatic heterocycles. The van der Waals surface area contributed by atoms with Crippen molar-refractivity contribution in [3.8, 4) is 0 Å². The monoisotopic (exact) mass is 251 g/mol. The fourth-order valence-electron chi connectivity index (χ4n) is 2.59. The van der Waals surface area contributed by atoms with E-state index in [0.717, 1.165) is 43.7 Å². The average molecular weight is 251 g/mol. The number of rotatable bonds is 6. The Hall–Kier alpha value is -0.870. The normalized spacial score (nSPS) is 22.5. The van der Waals surface area contributed by atoms with Crippen molar-refractivity contribution in [1.29, 1.82) is 0 Å². The van der Waals surface area contributed by atoms with Crippen molar-refractivity contribution in [2.45, 2.75) is 39.7 Å². The van der Waals surface area contributed by atoms with Gasteiger partial charge < -0.3 is 9.73 Å². The number of nitrogens with zero attached hydrogens (tertiary/aromatic N) is 2. The molecule has 102 valence electrons. The van der Waals surface area contributed by atoms with Gasteiger partial charge in [-0.25, -0.2) is 4.98 Å². The van der Waals surface area contributed by atoms with Crippen molar-refractivity contribution in [3.05, 3.63) is 17.8 Å². The van der Waals surface area contributed by atoms with Gasteiger partial charge in [0.2, 0.25) is 5.89 Å². The van der Waals surface area contributed by atoms with E-state index < -0.39 is 0 Å². The molecule has 0 amide bonds. The van der Waals surface area contributed by atoms with E-state index in [1.165, 1.54) is 12.8 Å². The molecular weight excluding hydrogens is 226 g/mol. The lowest BCUT2D eigenvalue weighted by Gasteiger charge is -2.21. The van der Waals surface area contributed by atoms with Gasteiger partial charge in [-0.15, -0.1) is 0 Å². The summed E-state index contributed by atoms with van der Waals surface area (Å²) in [4.78, 5) is 6.81. The molecule has 0 radical (unpaired) electrons. The second-order valence-corrected chi connectivity index (χ2v) is 5.34. The maximum Gasteiger partial charge on any atom is 0.211 e. The van der Waals surface area contributed by atoms with Crippen LogP contribution in [0.4, 0.5) is 0 Å². The van der Waals surface area contributed by atoms with Gasteiger partial charge >= 0.3 is 0 Å². The van der Waals surface area contributed by atoms with Crippen molar-refractivity contribution in [2.75, 3.05) is 26.2 Å². The highest BCUT2D eigenvalue weighted by Gasteiger charge is 2.28. The maximum absolute atomic E-state index is 5.62. The van der Waals surface area contributed by atoms with Crippen LogP contribution in [-0.2, 0) is 0 Å². The molecule has 4 heteroatoms. The molecule has 1 saturated heterocycles. The maximum atomic E-state index is 5.62. The third-order valence-electron chi connectivity index (χ3n) is 3.72. The molecule has 1 aromatic rings. The Morgan fingerprint density at radius 2 is 2.44 bits per heavy atom. The fraction of sp³-hybridized carbons (Fsp3) is 0.786. The molecule has 2 rings (SSSR count). The molecule has 0 bridgehead atoms. The van der Waals surface area contributed by atoms with Crippen LogP contribution in [0.25, 0.3) is 0 Å². The summed E-state index contributed by atoms with van der Waals surface area (Å²) in [6.45, 7) is 10.9. The lowest BCUT2D eigenvalue weighted by Crippen LogP contribution is -2.28. The van der Waals surface area contributed by atoms with Crippen molar-refractivity contribution in [2.24, 2.45) is 5.92 Å². The van der Waals surface area contributed by atoms with Gasteiger partial charge in [-0.2, -0.15) is 0 Å². The Balaban J connectivity index is 1.81. The summed E-state index contributed by atoms with van der Waals surface area (Å²) < 4.78 is 5.62. The highest BCUT2D eigenvalue weighted by Crippen LogP contribution is 2.26. The number of nitrogens with one attached hydrogen (secondary N) is 1. The first-order chi connectivity index (χ1) is 8.70. The van der Waals surface area contributed by atoms with E-state index in [-0.39, 0.29) is 0 Å². The Bertz CT molecular complexity index is 364. The van der Waals surface area contributed by atoms with Gasteiger partial charge in [-0.1, -0.05) is 6.92 Å². The van der Waals surface area contributed by atoms with Crippen LogP contribution in [0.2, 0.25) is 0 Å².